The molecular weight excluding hydrogens is 324 g/mol. The van der Waals surface area contributed by atoms with E-state index in [-0.39, 0.29) is 18.1 Å². The van der Waals surface area contributed by atoms with Gasteiger partial charge in [-0.3, -0.25) is 4.79 Å². The zero-order valence-corrected chi connectivity index (χ0v) is 13.7. The number of nitrogens with one attached hydrogen (secondary N) is 1. The Labute approximate surface area is 145 Å². The van der Waals surface area contributed by atoms with E-state index in [4.69, 9.17) is 11.6 Å². The largest absolute Gasteiger partial charge is 0.508 e. The fourth-order valence-electron chi connectivity index (χ4n) is 2.47. The Morgan fingerprint density at radius 3 is 2.71 bits per heavy atom. The highest BCUT2D eigenvalue weighted by molar-refractivity contribution is 6.30. The summed E-state index contributed by atoms with van der Waals surface area (Å²) in [6, 6.07) is 14.7. The number of phenols is 1. The molecule has 0 fully saturated rings. The Morgan fingerprint density at radius 2 is 2.00 bits per heavy atom. The zero-order chi connectivity index (χ0) is 16.9. The van der Waals surface area contributed by atoms with E-state index in [1.54, 1.807) is 12.1 Å². The van der Waals surface area contributed by atoms with Crippen LogP contribution in [0, 0.1) is 0 Å². The summed E-state index contributed by atoms with van der Waals surface area (Å²) in [5.74, 6) is -0.130. The summed E-state index contributed by atoms with van der Waals surface area (Å²) in [6.07, 6.45) is 5.80. The molecule has 1 aliphatic rings. The molecule has 0 saturated carbocycles. The maximum Gasteiger partial charge on any atom is 0.228 e. The molecule has 0 radical (unpaired) electrons. The molecule has 0 saturated heterocycles. The van der Waals surface area contributed by atoms with E-state index in [9.17, 15) is 9.90 Å². The molecule has 2 aromatic carbocycles. The molecule has 0 spiro atoms. The van der Waals surface area contributed by atoms with Crippen LogP contribution in [-0.4, -0.2) is 17.6 Å². The van der Waals surface area contributed by atoms with Crippen LogP contribution in [-0.2, 0) is 11.2 Å². The predicted octanol–water partition coefficient (Wildman–Crippen LogP) is 3.62. The summed E-state index contributed by atoms with van der Waals surface area (Å²) in [7, 11) is 0. The molecule has 122 valence electrons. The third-order valence-corrected chi connectivity index (χ3v) is 3.94. The standard InChI is InChI=1S/C19H17ClN2O2/c20-15-6-7-18(23)14(12-15)13-19(24)21-16-8-10-22(11-9-16)17-4-2-1-3-5-17/h1-10,12,23H,11,13H2,(H,21,24). The summed E-state index contributed by atoms with van der Waals surface area (Å²) in [6.45, 7) is 0.679. The molecule has 2 N–H and O–H groups in total. The number of benzene rings is 2. The van der Waals surface area contributed by atoms with Gasteiger partial charge < -0.3 is 15.3 Å². The highest BCUT2D eigenvalue weighted by Crippen LogP contribution is 2.22. The molecule has 1 aliphatic heterocycles. The van der Waals surface area contributed by atoms with Gasteiger partial charge >= 0.3 is 0 Å². The molecule has 0 bridgehead atoms. The Morgan fingerprint density at radius 1 is 1.21 bits per heavy atom. The molecule has 2 aromatic rings. The van der Waals surface area contributed by atoms with Crippen LogP contribution in [0.3, 0.4) is 0 Å². The van der Waals surface area contributed by atoms with Gasteiger partial charge in [0.25, 0.3) is 0 Å². The lowest BCUT2D eigenvalue weighted by Gasteiger charge is -2.23. The van der Waals surface area contributed by atoms with Gasteiger partial charge in [-0.05, 0) is 42.5 Å². The molecule has 1 heterocycles. The first-order valence-electron chi connectivity index (χ1n) is 7.59. The van der Waals surface area contributed by atoms with Crippen LogP contribution < -0.4 is 10.2 Å². The van der Waals surface area contributed by atoms with Crippen molar-refractivity contribution < 1.29 is 9.90 Å². The fourth-order valence-corrected chi connectivity index (χ4v) is 2.67. The summed E-state index contributed by atoms with van der Waals surface area (Å²) in [5, 5.41) is 13.1. The van der Waals surface area contributed by atoms with Gasteiger partial charge in [0.05, 0.1) is 6.42 Å². The van der Waals surface area contributed by atoms with Crippen molar-refractivity contribution in [1.29, 1.82) is 0 Å². The first kappa shape index (κ1) is 16.1. The number of nitrogens with zero attached hydrogens (tertiary/aromatic N) is 1. The van der Waals surface area contributed by atoms with Gasteiger partial charge in [-0.15, -0.1) is 0 Å². The van der Waals surface area contributed by atoms with E-state index in [0.717, 1.165) is 11.4 Å². The lowest BCUT2D eigenvalue weighted by atomic mass is 10.1. The maximum absolute atomic E-state index is 12.1. The molecule has 1 amide bonds. The van der Waals surface area contributed by atoms with Gasteiger partial charge in [0.1, 0.15) is 5.75 Å². The normalized spacial score (nSPS) is 13.5. The Bertz CT molecular complexity index is 800. The van der Waals surface area contributed by atoms with Crippen molar-refractivity contribution in [3.63, 3.8) is 0 Å². The quantitative estimate of drug-likeness (QED) is 0.893. The number of rotatable bonds is 4. The Balaban J connectivity index is 1.59. The van der Waals surface area contributed by atoms with Crippen LogP contribution in [0.4, 0.5) is 5.69 Å². The number of phenolic OH excluding ortho intramolecular Hbond substituents is 1. The van der Waals surface area contributed by atoms with E-state index >= 15 is 0 Å². The second-order valence-corrected chi connectivity index (χ2v) is 5.90. The second-order valence-electron chi connectivity index (χ2n) is 5.46. The number of carbonyl (C=O) groups excluding carboxylic acids is 1. The van der Waals surface area contributed by atoms with Crippen molar-refractivity contribution in [3.05, 3.63) is 83.2 Å². The minimum atomic E-state index is -0.198. The van der Waals surface area contributed by atoms with Crippen molar-refractivity contribution in [1.82, 2.24) is 5.32 Å². The van der Waals surface area contributed by atoms with Crippen LogP contribution in [0.25, 0.3) is 0 Å². The smallest absolute Gasteiger partial charge is 0.228 e. The van der Waals surface area contributed by atoms with Crippen molar-refractivity contribution >= 4 is 23.2 Å². The number of hydrogen-bond acceptors (Lipinski definition) is 3. The molecule has 24 heavy (non-hydrogen) atoms. The Kier molecular flexibility index (Phi) is 4.87. The van der Waals surface area contributed by atoms with Gasteiger partial charge in [0.2, 0.25) is 5.91 Å². The molecule has 0 unspecified atom stereocenters. The minimum absolute atomic E-state index is 0.0676. The number of carbonyl (C=O) groups is 1. The van der Waals surface area contributed by atoms with Gasteiger partial charge in [0, 0.05) is 34.7 Å². The van der Waals surface area contributed by atoms with E-state index in [1.807, 2.05) is 48.7 Å². The van der Waals surface area contributed by atoms with Crippen LogP contribution >= 0.6 is 11.6 Å². The molecule has 4 nitrogen and oxygen atoms in total. The second kappa shape index (κ2) is 7.23. The molecule has 3 rings (SSSR count). The summed E-state index contributed by atoms with van der Waals surface area (Å²) in [4.78, 5) is 14.2. The predicted molar refractivity (Wildman–Crippen MR) is 96.0 cm³/mol. The van der Waals surface area contributed by atoms with E-state index < -0.39 is 0 Å². The molecule has 0 aliphatic carbocycles. The topological polar surface area (TPSA) is 52.6 Å². The van der Waals surface area contributed by atoms with Gasteiger partial charge in [0.15, 0.2) is 0 Å². The number of para-hydroxylation sites is 1. The first-order chi connectivity index (χ1) is 11.6. The molecule has 5 heteroatoms. The van der Waals surface area contributed by atoms with Crippen molar-refractivity contribution in [2.45, 2.75) is 6.42 Å². The monoisotopic (exact) mass is 340 g/mol. The Hall–Kier alpha value is -2.72. The van der Waals surface area contributed by atoms with Crippen LogP contribution in [0.1, 0.15) is 5.56 Å². The average molecular weight is 341 g/mol. The van der Waals surface area contributed by atoms with Gasteiger partial charge in [-0.25, -0.2) is 0 Å². The highest BCUT2D eigenvalue weighted by atomic mass is 35.5. The minimum Gasteiger partial charge on any atom is -0.508 e. The van der Waals surface area contributed by atoms with Gasteiger partial charge in [-0.1, -0.05) is 29.8 Å². The van der Waals surface area contributed by atoms with Crippen LogP contribution in [0.15, 0.2) is 72.6 Å². The lowest BCUT2D eigenvalue weighted by molar-refractivity contribution is -0.119. The molecular formula is C19H17ClN2O2. The van der Waals surface area contributed by atoms with Crippen molar-refractivity contribution in [3.8, 4) is 5.75 Å². The fraction of sp³-hybridized carbons (Fsp3) is 0.105. The van der Waals surface area contributed by atoms with Crippen molar-refractivity contribution in [2.75, 3.05) is 11.4 Å². The third kappa shape index (κ3) is 3.97. The van der Waals surface area contributed by atoms with Gasteiger partial charge in [-0.2, -0.15) is 0 Å². The molecule has 0 atom stereocenters. The summed E-state index contributed by atoms with van der Waals surface area (Å²) < 4.78 is 0. The highest BCUT2D eigenvalue weighted by Gasteiger charge is 2.11. The van der Waals surface area contributed by atoms with E-state index in [2.05, 4.69) is 10.2 Å². The van der Waals surface area contributed by atoms with E-state index in [0.29, 0.717) is 17.1 Å². The number of allylic oxidation sites excluding steroid dienone is 1. The van der Waals surface area contributed by atoms with Crippen LogP contribution in [0.5, 0.6) is 5.75 Å². The van der Waals surface area contributed by atoms with E-state index in [1.165, 1.54) is 6.07 Å². The third-order valence-electron chi connectivity index (χ3n) is 3.71. The number of hydrogen-bond donors (Lipinski definition) is 2. The average Bonchev–Trinajstić information content (AvgIpc) is 2.59. The SMILES string of the molecule is O=C(Cc1cc(Cl)ccc1O)NC1=CCN(c2ccccc2)C=C1. The zero-order valence-electron chi connectivity index (χ0n) is 12.9. The number of halogens is 1. The van der Waals surface area contributed by atoms with Crippen molar-refractivity contribution in [2.24, 2.45) is 0 Å². The summed E-state index contributed by atoms with van der Waals surface area (Å²) in [5.41, 5.74) is 2.35. The number of aromatic hydroxyl groups is 1. The summed E-state index contributed by atoms with van der Waals surface area (Å²) >= 11 is 5.90. The first-order valence-corrected chi connectivity index (χ1v) is 7.97. The lowest BCUT2D eigenvalue weighted by Crippen LogP contribution is -2.28. The van der Waals surface area contributed by atoms with Crippen LogP contribution in [0.2, 0.25) is 5.02 Å². The number of anilines is 1. The molecule has 0 aromatic heterocycles. The number of amides is 1. The maximum atomic E-state index is 12.1.